The summed E-state index contributed by atoms with van der Waals surface area (Å²) in [5, 5.41) is 5.44. The van der Waals surface area contributed by atoms with E-state index in [0.29, 0.717) is 16.4 Å². The highest BCUT2D eigenvalue weighted by Gasteiger charge is 2.15. The number of anilines is 2. The van der Waals surface area contributed by atoms with Gasteiger partial charge in [-0.15, -0.1) is 0 Å². The van der Waals surface area contributed by atoms with Crippen molar-refractivity contribution < 1.29 is 9.59 Å². The lowest BCUT2D eigenvalue weighted by Gasteiger charge is -2.08. The molecule has 0 unspecified atom stereocenters. The van der Waals surface area contributed by atoms with Crippen molar-refractivity contribution in [2.24, 2.45) is 0 Å². The molecule has 0 bridgehead atoms. The van der Waals surface area contributed by atoms with Gasteiger partial charge in [0.2, 0.25) is 0 Å². The van der Waals surface area contributed by atoms with E-state index in [1.165, 1.54) is 5.56 Å². The minimum absolute atomic E-state index is 0.383. The second-order valence-electron chi connectivity index (χ2n) is 5.19. The van der Waals surface area contributed by atoms with Gasteiger partial charge in [-0.3, -0.25) is 9.59 Å². The van der Waals surface area contributed by atoms with Gasteiger partial charge in [-0.05, 0) is 42.7 Å². The zero-order chi connectivity index (χ0) is 16.7. The molecular formula is C18H19ClN2O2. The van der Waals surface area contributed by atoms with Crippen LogP contribution in [0.5, 0.6) is 0 Å². The second kappa shape index (κ2) is 8.34. The first kappa shape index (κ1) is 17.0. The smallest absolute Gasteiger partial charge is 0.314 e. The van der Waals surface area contributed by atoms with Crippen LogP contribution < -0.4 is 10.6 Å². The van der Waals surface area contributed by atoms with E-state index in [0.717, 1.165) is 19.3 Å². The Balaban J connectivity index is 1.93. The summed E-state index contributed by atoms with van der Waals surface area (Å²) in [5.41, 5.74) is 2.21. The summed E-state index contributed by atoms with van der Waals surface area (Å²) >= 11 is 5.95. The van der Waals surface area contributed by atoms with E-state index in [4.69, 9.17) is 11.6 Å². The minimum atomic E-state index is -0.756. The number of carbonyl (C=O) groups excluding carboxylic acids is 2. The molecule has 120 valence electrons. The van der Waals surface area contributed by atoms with E-state index < -0.39 is 11.8 Å². The number of para-hydroxylation sites is 1. The van der Waals surface area contributed by atoms with Crippen LogP contribution in [0.15, 0.2) is 48.5 Å². The number of carbonyl (C=O) groups is 2. The van der Waals surface area contributed by atoms with Crippen LogP contribution in [0.3, 0.4) is 0 Å². The zero-order valence-electron chi connectivity index (χ0n) is 12.9. The van der Waals surface area contributed by atoms with Crippen molar-refractivity contribution in [2.75, 3.05) is 10.6 Å². The molecule has 2 amide bonds. The van der Waals surface area contributed by atoms with E-state index in [-0.39, 0.29) is 0 Å². The Hall–Kier alpha value is -2.33. The molecular weight excluding hydrogens is 312 g/mol. The fourth-order valence-electron chi connectivity index (χ4n) is 2.07. The Kier molecular flexibility index (Phi) is 6.18. The molecule has 0 aliphatic carbocycles. The molecule has 2 aromatic rings. The molecule has 2 N–H and O–H groups in total. The molecule has 0 aromatic heterocycles. The second-order valence-corrected chi connectivity index (χ2v) is 5.60. The number of unbranched alkanes of at least 4 members (excludes halogenated alkanes) is 1. The monoisotopic (exact) mass is 330 g/mol. The number of rotatable bonds is 5. The molecule has 0 saturated heterocycles. The van der Waals surface area contributed by atoms with E-state index in [1.54, 1.807) is 36.4 Å². The Morgan fingerprint density at radius 3 is 2.26 bits per heavy atom. The summed E-state index contributed by atoms with van der Waals surface area (Å²) in [5.74, 6) is -1.49. The Morgan fingerprint density at radius 2 is 1.61 bits per heavy atom. The average molecular weight is 331 g/mol. The van der Waals surface area contributed by atoms with E-state index in [1.807, 2.05) is 12.1 Å². The van der Waals surface area contributed by atoms with Crippen LogP contribution in [0.25, 0.3) is 0 Å². The van der Waals surface area contributed by atoms with E-state index in [9.17, 15) is 9.59 Å². The molecule has 0 aliphatic rings. The summed E-state index contributed by atoms with van der Waals surface area (Å²) < 4.78 is 0. The summed E-state index contributed by atoms with van der Waals surface area (Å²) in [6, 6.07) is 14.3. The first-order valence-corrected chi connectivity index (χ1v) is 7.93. The summed E-state index contributed by atoms with van der Waals surface area (Å²) in [4.78, 5) is 23.8. The van der Waals surface area contributed by atoms with Gasteiger partial charge in [-0.2, -0.15) is 0 Å². The van der Waals surface area contributed by atoms with Crippen LogP contribution in [0, 0.1) is 0 Å². The normalized spacial score (nSPS) is 10.2. The van der Waals surface area contributed by atoms with Crippen molar-refractivity contribution in [1.29, 1.82) is 0 Å². The summed E-state index contributed by atoms with van der Waals surface area (Å²) in [7, 11) is 0. The number of hydrogen-bond donors (Lipinski definition) is 2. The number of nitrogens with one attached hydrogen (secondary N) is 2. The molecule has 23 heavy (non-hydrogen) atoms. The average Bonchev–Trinajstić information content (AvgIpc) is 2.56. The van der Waals surface area contributed by atoms with E-state index >= 15 is 0 Å². The van der Waals surface area contributed by atoms with Crippen LogP contribution in [0.1, 0.15) is 25.3 Å². The van der Waals surface area contributed by atoms with Crippen LogP contribution in [-0.2, 0) is 16.0 Å². The molecule has 2 aromatic carbocycles. The van der Waals surface area contributed by atoms with Gasteiger partial charge in [-0.25, -0.2) is 0 Å². The van der Waals surface area contributed by atoms with Crippen molar-refractivity contribution in [3.8, 4) is 0 Å². The predicted molar refractivity (Wildman–Crippen MR) is 93.8 cm³/mol. The number of benzene rings is 2. The van der Waals surface area contributed by atoms with Crippen molar-refractivity contribution in [1.82, 2.24) is 0 Å². The molecule has 2 rings (SSSR count). The fourth-order valence-corrected chi connectivity index (χ4v) is 2.25. The van der Waals surface area contributed by atoms with Gasteiger partial charge < -0.3 is 10.6 Å². The summed E-state index contributed by atoms with van der Waals surface area (Å²) in [6.45, 7) is 2.15. The van der Waals surface area contributed by atoms with E-state index in [2.05, 4.69) is 17.6 Å². The first-order chi connectivity index (χ1) is 11.1. The van der Waals surface area contributed by atoms with Gasteiger partial charge in [0, 0.05) is 5.69 Å². The maximum atomic E-state index is 11.9. The largest absolute Gasteiger partial charge is 0.318 e. The third-order valence-corrected chi connectivity index (χ3v) is 3.69. The van der Waals surface area contributed by atoms with Crippen molar-refractivity contribution in [2.45, 2.75) is 26.2 Å². The third-order valence-electron chi connectivity index (χ3n) is 3.36. The number of amides is 2. The topological polar surface area (TPSA) is 58.2 Å². The van der Waals surface area contributed by atoms with Crippen LogP contribution in [0.4, 0.5) is 11.4 Å². The highest BCUT2D eigenvalue weighted by molar-refractivity contribution is 6.44. The highest BCUT2D eigenvalue weighted by atomic mass is 35.5. The minimum Gasteiger partial charge on any atom is -0.318 e. The van der Waals surface area contributed by atoms with Crippen molar-refractivity contribution in [3.63, 3.8) is 0 Å². The van der Waals surface area contributed by atoms with Crippen LogP contribution in [0.2, 0.25) is 5.02 Å². The lowest BCUT2D eigenvalue weighted by molar-refractivity contribution is -0.132. The van der Waals surface area contributed by atoms with Gasteiger partial charge >= 0.3 is 11.8 Å². The number of hydrogen-bond acceptors (Lipinski definition) is 2. The van der Waals surface area contributed by atoms with Gasteiger partial charge in [-0.1, -0.05) is 49.2 Å². The van der Waals surface area contributed by atoms with Gasteiger partial charge in [0.25, 0.3) is 0 Å². The Morgan fingerprint density at radius 1 is 0.957 bits per heavy atom. The van der Waals surface area contributed by atoms with Crippen LogP contribution >= 0.6 is 11.6 Å². The standard InChI is InChI=1S/C18H19ClN2O2/c1-2-3-6-13-9-11-14(12-10-13)20-17(22)18(23)21-16-8-5-4-7-15(16)19/h4-5,7-12H,2-3,6H2,1H3,(H,20,22)(H,21,23). The molecule has 4 nitrogen and oxygen atoms in total. The SMILES string of the molecule is CCCCc1ccc(NC(=O)C(=O)Nc2ccccc2Cl)cc1. The van der Waals surface area contributed by atoms with Gasteiger partial charge in [0.05, 0.1) is 10.7 Å². The number of halogens is 1. The van der Waals surface area contributed by atoms with Crippen molar-refractivity contribution >= 4 is 34.8 Å². The molecule has 5 heteroatoms. The fraction of sp³-hybridized carbons (Fsp3) is 0.222. The first-order valence-electron chi connectivity index (χ1n) is 7.56. The molecule has 0 fully saturated rings. The number of aryl methyl sites for hydroxylation is 1. The molecule has 0 radical (unpaired) electrons. The predicted octanol–water partition coefficient (Wildman–Crippen LogP) is 4.26. The molecule has 0 atom stereocenters. The quantitative estimate of drug-likeness (QED) is 0.805. The third kappa shape index (κ3) is 5.11. The molecule has 0 heterocycles. The Labute approximate surface area is 140 Å². The maximum Gasteiger partial charge on any atom is 0.314 e. The van der Waals surface area contributed by atoms with Gasteiger partial charge in [0.1, 0.15) is 0 Å². The molecule has 0 aliphatic heterocycles. The van der Waals surface area contributed by atoms with Crippen LogP contribution in [-0.4, -0.2) is 11.8 Å². The van der Waals surface area contributed by atoms with Gasteiger partial charge in [0.15, 0.2) is 0 Å². The molecule has 0 spiro atoms. The Bertz CT molecular complexity index is 684. The highest BCUT2D eigenvalue weighted by Crippen LogP contribution is 2.20. The maximum absolute atomic E-state index is 11.9. The zero-order valence-corrected chi connectivity index (χ0v) is 13.7. The summed E-state index contributed by atoms with van der Waals surface area (Å²) in [6.07, 6.45) is 3.28. The molecule has 0 saturated carbocycles. The van der Waals surface area contributed by atoms with Crippen molar-refractivity contribution in [3.05, 3.63) is 59.1 Å². The lowest BCUT2D eigenvalue weighted by atomic mass is 10.1. The lowest BCUT2D eigenvalue weighted by Crippen LogP contribution is -2.29.